The van der Waals surface area contributed by atoms with E-state index in [0.29, 0.717) is 28.3 Å². The molecule has 0 aromatic carbocycles. The lowest BCUT2D eigenvalue weighted by Crippen LogP contribution is -2.30. The van der Waals surface area contributed by atoms with Gasteiger partial charge in [-0.25, -0.2) is 4.98 Å². The van der Waals surface area contributed by atoms with Crippen molar-refractivity contribution in [3.63, 3.8) is 0 Å². The molecule has 0 fully saturated rings. The molecule has 0 saturated heterocycles. The molecule has 1 amide bonds. The van der Waals surface area contributed by atoms with Gasteiger partial charge in [-0.1, -0.05) is 25.2 Å². The SMILES string of the molecule is CNc1nc(N)c(C(=O)N(C)CC(C)C)s1. The number of nitrogens with two attached hydrogens (primary N) is 1. The van der Waals surface area contributed by atoms with E-state index >= 15 is 0 Å². The predicted molar refractivity (Wildman–Crippen MR) is 67.9 cm³/mol. The Morgan fingerprint density at radius 3 is 2.69 bits per heavy atom. The minimum atomic E-state index is -0.0646. The van der Waals surface area contributed by atoms with Crippen LogP contribution in [0.3, 0.4) is 0 Å². The van der Waals surface area contributed by atoms with Crippen LogP contribution in [0.5, 0.6) is 0 Å². The number of aromatic nitrogens is 1. The van der Waals surface area contributed by atoms with E-state index in [4.69, 9.17) is 5.73 Å². The van der Waals surface area contributed by atoms with Gasteiger partial charge in [-0.05, 0) is 5.92 Å². The summed E-state index contributed by atoms with van der Waals surface area (Å²) < 4.78 is 0. The van der Waals surface area contributed by atoms with Crippen molar-refractivity contribution in [2.75, 3.05) is 31.7 Å². The van der Waals surface area contributed by atoms with Gasteiger partial charge in [0.05, 0.1) is 0 Å². The molecule has 0 saturated carbocycles. The summed E-state index contributed by atoms with van der Waals surface area (Å²) in [6.45, 7) is 4.85. The van der Waals surface area contributed by atoms with E-state index in [9.17, 15) is 4.79 Å². The summed E-state index contributed by atoms with van der Waals surface area (Å²) in [7, 11) is 3.53. The van der Waals surface area contributed by atoms with Crippen molar-refractivity contribution in [1.29, 1.82) is 0 Å². The van der Waals surface area contributed by atoms with Gasteiger partial charge in [-0.2, -0.15) is 0 Å². The van der Waals surface area contributed by atoms with Crippen molar-refractivity contribution in [2.24, 2.45) is 5.92 Å². The molecule has 0 aliphatic carbocycles. The Hall–Kier alpha value is -1.30. The first-order chi connectivity index (χ1) is 7.45. The first kappa shape index (κ1) is 12.8. The van der Waals surface area contributed by atoms with Crippen molar-refractivity contribution in [3.05, 3.63) is 4.88 Å². The monoisotopic (exact) mass is 242 g/mol. The Kier molecular flexibility index (Phi) is 4.12. The molecule has 1 rings (SSSR count). The van der Waals surface area contributed by atoms with Gasteiger partial charge in [0, 0.05) is 20.6 Å². The lowest BCUT2D eigenvalue weighted by molar-refractivity contribution is 0.0784. The molecular formula is C10H18N4OS. The Morgan fingerprint density at radius 2 is 2.25 bits per heavy atom. The zero-order valence-corrected chi connectivity index (χ0v) is 10.9. The third-order valence-electron chi connectivity index (χ3n) is 2.05. The summed E-state index contributed by atoms with van der Waals surface area (Å²) >= 11 is 1.28. The van der Waals surface area contributed by atoms with Crippen LogP contribution in [-0.2, 0) is 0 Å². The van der Waals surface area contributed by atoms with E-state index in [1.54, 1.807) is 19.0 Å². The van der Waals surface area contributed by atoms with Crippen LogP contribution < -0.4 is 11.1 Å². The highest BCUT2D eigenvalue weighted by molar-refractivity contribution is 7.18. The van der Waals surface area contributed by atoms with Crippen molar-refractivity contribution in [2.45, 2.75) is 13.8 Å². The van der Waals surface area contributed by atoms with Crippen LogP contribution in [0, 0.1) is 5.92 Å². The summed E-state index contributed by atoms with van der Waals surface area (Å²) in [5, 5.41) is 3.54. The highest BCUT2D eigenvalue weighted by Crippen LogP contribution is 2.25. The van der Waals surface area contributed by atoms with Gasteiger partial charge in [-0.15, -0.1) is 0 Å². The molecule has 0 unspecified atom stereocenters. The number of nitrogen functional groups attached to an aromatic ring is 1. The molecule has 90 valence electrons. The van der Waals surface area contributed by atoms with Gasteiger partial charge in [0.2, 0.25) is 0 Å². The van der Waals surface area contributed by atoms with Crippen molar-refractivity contribution < 1.29 is 4.79 Å². The van der Waals surface area contributed by atoms with E-state index in [0.717, 1.165) is 0 Å². The van der Waals surface area contributed by atoms with Gasteiger partial charge in [0.25, 0.3) is 5.91 Å². The van der Waals surface area contributed by atoms with Gasteiger partial charge < -0.3 is 16.0 Å². The van der Waals surface area contributed by atoms with E-state index in [2.05, 4.69) is 24.1 Å². The summed E-state index contributed by atoms with van der Waals surface area (Å²) in [5.74, 6) is 0.673. The third kappa shape index (κ3) is 2.85. The van der Waals surface area contributed by atoms with E-state index < -0.39 is 0 Å². The summed E-state index contributed by atoms with van der Waals surface area (Å²) in [6, 6.07) is 0. The quantitative estimate of drug-likeness (QED) is 0.839. The smallest absolute Gasteiger partial charge is 0.267 e. The molecule has 1 aromatic rings. The molecule has 16 heavy (non-hydrogen) atoms. The number of amides is 1. The van der Waals surface area contributed by atoms with Gasteiger partial charge in [-0.3, -0.25) is 4.79 Å². The average molecular weight is 242 g/mol. The molecule has 1 heterocycles. The minimum absolute atomic E-state index is 0.0646. The molecule has 1 aromatic heterocycles. The zero-order valence-electron chi connectivity index (χ0n) is 10.1. The van der Waals surface area contributed by atoms with Crippen molar-refractivity contribution >= 4 is 28.2 Å². The van der Waals surface area contributed by atoms with E-state index in [1.807, 2.05) is 0 Å². The van der Waals surface area contributed by atoms with Crippen LogP contribution in [0.25, 0.3) is 0 Å². The van der Waals surface area contributed by atoms with Crippen LogP contribution in [-0.4, -0.2) is 36.4 Å². The van der Waals surface area contributed by atoms with Crippen LogP contribution in [0.1, 0.15) is 23.5 Å². The fraction of sp³-hybridized carbons (Fsp3) is 0.600. The predicted octanol–water partition coefficient (Wildman–Crippen LogP) is 1.50. The number of anilines is 2. The lowest BCUT2D eigenvalue weighted by Gasteiger charge is -2.18. The molecule has 3 N–H and O–H groups in total. The minimum Gasteiger partial charge on any atom is -0.382 e. The number of carbonyl (C=O) groups excluding carboxylic acids is 1. The second-order valence-corrected chi connectivity index (χ2v) is 5.06. The van der Waals surface area contributed by atoms with Gasteiger partial charge >= 0.3 is 0 Å². The van der Waals surface area contributed by atoms with Gasteiger partial charge in [0.1, 0.15) is 10.7 Å². The third-order valence-corrected chi connectivity index (χ3v) is 3.12. The number of nitrogens with one attached hydrogen (secondary N) is 1. The maximum Gasteiger partial charge on any atom is 0.267 e. The van der Waals surface area contributed by atoms with Gasteiger partial charge in [0.15, 0.2) is 5.13 Å². The summed E-state index contributed by atoms with van der Waals surface area (Å²) in [6.07, 6.45) is 0. The zero-order chi connectivity index (χ0) is 12.3. The first-order valence-electron chi connectivity index (χ1n) is 5.15. The molecule has 0 aliphatic heterocycles. The van der Waals surface area contributed by atoms with Crippen LogP contribution in [0.2, 0.25) is 0 Å². The topological polar surface area (TPSA) is 71.2 Å². The van der Waals surface area contributed by atoms with Crippen LogP contribution in [0.15, 0.2) is 0 Å². The lowest BCUT2D eigenvalue weighted by atomic mass is 10.2. The first-order valence-corrected chi connectivity index (χ1v) is 5.96. The fourth-order valence-electron chi connectivity index (χ4n) is 1.40. The fourth-order valence-corrected chi connectivity index (χ4v) is 2.23. The largest absolute Gasteiger partial charge is 0.382 e. The van der Waals surface area contributed by atoms with Crippen LogP contribution >= 0.6 is 11.3 Å². The molecular weight excluding hydrogens is 224 g/mol. The number of hydrogen-bond acceptors (Lipinski definition) is 5. The average Bonchev–Trinajstić information content (AvgIpc) is 2.57. The maximum atomic E-state index is 12.0. The van der Waals surface area contributed by atoms with Crippen LogP contribution in [0.4, 0.5) is 10.9 Å². The molecule has 0 atom stereocenters. The Morgan fingerprint density at radius 1 is 1.62 bits per heavy atom. The van der Waals surface area contributed by atoms with Crippen molar-refractivity contribution in [3.8, 4) is 0 Å². The Labute approximate surface area is 99.7 Å². The number of rotatable bonds is 4. The highest BCUT2D eigenvalue weighted by Gasteiger charge is 2.19. The van der Waals surface area contributed by atoms with E-state index in [-0.39, 0.29) is 5.91 Å². The molecule has 0 bridgehead atoms. The molecule has 0 aliphatic rings. The summed E-state index contributed by atoms with van der Waals surface area (Å²) in [5.41, 5.74) is 5.70. The van der Waals surface area contributed by atoms with Crippen molar-refractivity contribution in [1.82, 2.24) is 9.88 Å². The molecule has 0 spiro atoms. The highest BCUT2D eigenvalue weighted by atomic mass is 32.1. The number of carbonyl (C=O) groups is 1. The molecule has 5 nitrogen and oxygen atoms in total. The Balaban J connectivity index is 2.83. The van der Waals surface area contributed by atoms with E-state index in [1.165, 1.54) is 11.3 Å². The number of thiazole rings is 1. The standard InChI is InChI=1S/C10H18N4OS/c1-6(2)5-14(4)9(15)7-8(11)13-10(12-3)16-7/h6H,5,11H2,1-4H3,(H,12,13). The maximum absolute atomic E-state index is 12.0. The number of nitrogens with zero attached hydrogens (tertiary/aromatic N) is 2. The molecule has 0 radical (unpaired) electrons. The summed E-state index contributed by atoms with van der Waals surface area (Å²) in [4.78, 5) is 18.2. The Bertz CT molecular complexity index is 375. The molecule has 6 heteroatoms. The second-order valence-electron chi connectivity index (χ2n) is 4.06. The second kappa shape index (κ2) is 5.16. The normalized spacial score (nSPS) is 10.6. The number of hydrogen-bond donors (Lipinski definition) is 2.